The summed E-state index contributed by atoms with van der Waals surface area (Å²) in [5.41, 5.74) is 1.15. The first kappa shape index (κ1) is 20.2. The molecule has 1 fully saturated rings. The molecular weight excluding hydrogens is 354 g/mol. The van der Waals surface area contributed by atoms with Gasteiger partial charge in [0, 0.05) is 31.1 Å². The Bertz CT molecular complexity index is 780. The standard InChI is InChI=1S/C18H27N3O4S/c1-13-6-8-16(9-7-13)26(23,24)20-19-15-10-11-21(14(2)12-15)17(22)25-18(3,4)5/h6-9,14,20H,10-12H2,1-5H3/b19-15+. The first-order valence-corrected chi connectivity index (χ1v) is 10.1. The Kier molecular flexibility index (Phi) is 5.95. The Morgan fingerprint density at radius 1 is 1.27 bits per heavy atom. The topological polar surface area (TPSA) is 88.1 Å². The monoisotopic (exact) mass is 381 g/mol. The van der Waals surface area contributed by atoms with Gasteiger partial charge >= 0.3 is 6.09 Å². The zero-order chi connectivity index (χ0) is 19.5. The molecule has 1 heterocycles. The number of aryl methyl sites for hydroxylation is 1. The van der Waals surface area contributed by atoms with Crippen LogP contribution in [0.1, 0.15) is 46.1 Å². The van der Waals surface area contributed by atoms with E-state index in [1.54, 1.807) is 29.2 Å². The van der Waals surface area contributed by atoms with Crippen molar-refractivity contribution < 1.29 is 17.9 Å². The molecule has 1 atom stereocenters. The van der Waals surface area contributed by atoms with E-state index in [9.17, 15) is 13.2 Å². The van der Waals surface area contributed by atoms with Crippen molar-refractivity contribution in [3.8, 4) is 0 Å². The average molecular weight is 381 g/mol. The number of ether oxygens (including phenoxy) is 1. The molecule has 0 spiro atoms. The number of hydrazone groups is 1. The van der Waals surface area contributed by atoms with E-state index in [4.69, 9.17) is 4.74 Å². The Labute approximate surface area is 155 Å². The third kappa shape index (κ3) is 5.45. The quantitative estimate of drug-likeness (QED) is 0.815. The second-order valence-electron chi connectivity index (χ2n) is 7.56. The lowest BCUT2D eigenvalue weighted by molar-refractivity contribution is 0.0172. The van der Waals surface area contributed by atoms with Gasteiger partial charge in [-0.1, -0.05) is 17.7 Å². The van der Waals surface area contributed by atoms with Gasteiger partial charge in [-0.05, 0) is 46.8 Å². The molecule has 0 aromatic heterocycles. The number of benzene rings is 1. The molecule has 144 valence electrons. The van der Waals surface area contributed by atoms with Crippen LogP contribution in [0.5, 0.6) is 0 Å². The molecule has 1 N–H and O–H groups in total. The van der Waals surface area contributed by atoms with Gasteiger partial charge in [-0.3, -0.25) is 0 Å². The van der Waals surface area contributed by atoms with Crippen molar-refractivity contribution in [3.63, 3.8) is 0 Å². The van der Waals surface area contributed by atoms with E-state index < -0.39 is 15.6 Å². The van der Waals surface area contributed by atoms with Crippen molar-refractivity contribution in [1.29, 1.82) is 0 Å². The second kappa shape index (κ2) is 7.65. The lowest BCUT2D eigenvalue weighted by Crippen LogP contribution is -2.47. The van der Waals surface area contributed by atoms with Crippen molar-refractivity contribution in [1.82, 2.24) is 9.73 Å². The van der Waals surface area contributed by atoms with Gasteiger partial charge < -0.3 is 9.64 Å². The summed E-state index contributed by atoms with van der Waals surface area (Å²) in [6, 6.07) is 6.46. The molecule has 1 aliphatic rings. The minimum atomic E-state index is -3.69. The molecule has 7 nitrogen and oxygen atoms in total. The average Bonchev–Trinajstić information content (AvgIpc) is 2.52. The Balaban J connectivity index is 2.00. The molecule has 1 saturated heterocycles. The zero-order valence-corrected chi connectivity index (χ0v) is 16.8. The smallest absolute Gasteiger partial charge is 0.410 e. The number of nitrogens with zero attached hydrogens (tertiary/aromatic N) is 2. The molecule has 1 unspecified atom stereocenters. The number of nitrogens with one attached hydrogen (secondary N) is 1. The molecule has 8 heteroatoms. The van der Waals surface area contributed by atoms with Crippen LogP contribution >= 0.6 is 0 Å². The van der Waals surface area contributed by atoms with Gasteiger partial charge in [-0.25, -0.2) is 9.63 Å². The van der Waals surface area contributed by atoms with Crippen LogP contribution in [0, 0.1) is 6.92 Å². The third-order valence-electron chi connectivity index (χ3n) is 3.99. The van der Waals surface area contributed by atoms with Crippen LogP contribution in [0.15, 0.2) is 34.3 Å². The molecule has 0 aliphatic carbocycles. The van der Waals surface area contributed by atoms with Crippen LogP contribution in [0.25, 0.3) is 0 Å². The normalized spacial score (nSPS) is 20.1. The van der Waals surface area contributed by atoms with Crippen LogP contribution in [0.2, 0.25) is 0 Å². The van der Waals surface area contributed by atoms with Crippen LogP contribution in [-0.2, 0) is 14.8 Å². The van der Waals surface area contributed by atoms with Crippen LogP contribution in [0.4, 0.5) is 4.79 Å². The minimum Gasteiger partial charge on any atom is -0.444 e. The van der Waals surface area contributed by atoms with E-state index in [0.717, 1.165) is 5.56 Å². The number of likely N-dealkylation sites (tertiary alicyclic amines) is 1. The molecule has 1 aromatic carbocycles. The Hall–Kier alpha value is -2.09. The summed E-state index contributed by atoms with van der Waals surface area (Å²) in [5.74, 6) is 0. The number of carbonyl (C=O) groups is 1. The van der Waals surface area contributed by atoms with E-state index in [2.05, 4.69) is 9.93 Å². The van der Waals surface area contributed by atoms with Gasteiger partial charge in [0.05, 0.1) is 4.90 Å². The summed E-state index contributed by atoms with van der Waals surface area (Å²) in [5, 5.41) is 4.07. The number of rotatable bonds is 3. The van der Waals surface area contributed by atoms with Gasteiger partial charge in [-0.2, -0.15) is 13.5 Å². The van der Waals surface area contributed by atoms with Crippen LogP contribution < -0.4 is 4.83 Å². The fraction of sp³-hybridized carbons (Fsp3) is 0.556. The summed E-state index contributed by atoms with van der Waals surface area (Å²) in [7, 11) is -3.69. The highest BCUT2D eigenvalue weighted by molar-refractivity contribution is 7.89. The highest BCUT2D eigenvalue weighted by Gasteiger charge is 2.30. The Morgan fingerprint density at radius 3 is 2.42 bits per heavy atom. The highest BCUT2D eigenvalue weighted by Crippen LogP contribution is 2.19. The molecule has 0 bridgehead atoms. The summed E-state index contributed by atoms with van der Waals surface area (Å²) >= 11 is 0. The summed E-state index contributed by atoms with van der Waals surface area (Å²) in [6.45, 7) is 9.71. The van der Waals surface area contributed by atoms with Gasteiger partial charge in [0.1, 0.15) is 5.60 Å². The summed E-state index contributed by atoms with van der Waals surface area (Å²) < 4.78 is 30.0. The largest absolute Gasteiger partial charge is 0.444 e. The van der Waals surface area contributed by atoms with Crippen molar-refractivity contribution >= 4 is 21.8 Å². The van der Waals surface area contributed by atoms with Crippen molar-refractivity contribution in [2.45, 2.75) is 64.0 Å². The number of carbonyl (C=O) groups excluding carboxylic acids is 1. The van der Waals surface area contributed by atoms with Crippen molar-refractivity contribution in [2.75, 3.05) is 6.54 Å². The molecule has 1 aliphatic heterocycles. The molecule has 26 heavy (non-hydrogen) atoms. The van der Waals surface area contributed by atoms with E-state index in [1.807, 2.05) is 34.6 Å². The second-order valence-corrected chi connectivity index (χ2v) is 9.22. The van der Waals surface area contributed by atoms with Crippen LogP contribution in [0.3, 0.4) is 0 Å². The number of sulfonamides is 1. The van der Waals surface area contributed by atoms with Gasteiger partial charge in [0.2, 0.25) is 0 Å². The Morgan fingerprint density at radius 2 is 1.88 bits per heavy atom. The van der Waals surface area contributed by atoms with Gasteiger partial charge in [-0.15, -0.1) is 0 Å². The molecule has 2 rings (SSSR count). The van der Waals surface area contributed by atoms with E-state index in [-0.39, 0.29) is 17.0 Å². The van der Waals surface area contributed by atoms with E-state index in [1.165, 1.54) is 0 Å². The molecule has 1 aromatic rings. The lowest BCUT2D eigenvalue weighted by atomic mass is 10.0. The van der Waals surface area contributed by atoms with Crippen molar-refractivity contribution in [2.24, 2.45) is 5.10 Å². The maximum absolute atomic E-state index is 12.3. The number of amides is 1. The van der Waals surface area contributed by atoms with Gasteiger partial charge in [0.25, 0.3) is 10.0 Å². The summed E-state index contributed by atoms with van der Waals surface area (Å²) in [6.07, 6.45) is 0.639. The van der Waals surface area contributed by atoms with Crippen molar-refractivity contribution in [3.05, 3.63) is 29.8 Å². The highest BCUT2D eigenvalue weighted by atomic mass is 32.2. The first-order valence-electron chi connectivity index (χ1n) is 8.61. The molecule has 0 radical (unpaired) electrons. The predicted molar refractivity (Wildman–Crippen MR) is 101 cm³/mol. The SMILES string of the molecule is Cc1ccc(S(=O)(=O)N/N=C2\CCN(C(=O)OC(C)(C)C)C(C)C2)cc1. The number of hydrogen-bond acceptors (Lipinski definition) is 5. The van der Waals surface area contributed by atoms with Gasteiger partial charge in [0.15, 0.2) is 0 Å². The fourth-order valence-corrected chi connectivity index (χ4v) is 3.46. The lowest BCUT2D eigenvalue weighted by Gasteiger charge is -2.35. The fourth-order valence-electron chi connectivity index (χ4n) is 2.61. The zero-order valence-electron chi connectivity index (χ0n) is 15.9. The van der Waals surface area contributed by atoms with E-state index >= 15 is 0 Å². The third-order valence-corrected chi connectivity index (χ3v) is 5.21. The molecule has 0 saturated carbocycles. The molecular formula is C18H27N3O4S. The first-order chi connectivity index (χ1) is 12.0. The van der Waals surface area contributed by atoms with E-state index in [0.29, 0.717) is 25.1 Å². The summed E-state index contributed by atoms with van der Waals surface area (Å²) in [4.78, 5) is 16.3. The maximum Gasteiger partial charge on any atom is 0.410 e. The predicted octanol–water partition coefficient (Wildman–Crippen LogP) is 3.05. The minimum absolute atomic E-state index is 0.110. The maximum atomic E-state index is 12.3. The number of hydrogen-bond donors (Lipinski definition) is 1. The van der Waals surface area contributed by atoms with Crippen LogP contribution in [-0.4, -0.2) is 43.3 Å². The molecule has 1 amide bonds. The number of piperidine rings is 1.